The number of carbonyl (C=O) groups excluding carboxylic acids is 2. The number of amides is 1. The van der Waals surface area contributed by atoms with E-state index in [0.29, 0.717) is 41.9 Å². The number of anilines is 1. The number of ether oxygens (including phenoxy) is 1. The molecule has 0 unspecified atom stereocenters. The molecule has 2 aliphatic carbocycles. The maximum Gasteiger partial charge on any atom is 0.435 e. The van der Waals surface area contributed by atoms with Crippen molar-refractivity contribution in [2.45, 2.75) is 83.9 Å². The molecule has 0 aliphatic heterocycles. The first-order valence-electron chi connectivity index (χ1n) is 11.6. The number of hydrogen-bond acceptors (Lipinski definition) is 5. The Morgan fingerprint density at radius 1 is 1.06 bits per heavy atom. The van der Waals surface area contributed by atoms with Gasteiger partial charge in [-0.3, -0.25) is 9.48 Å². The number of nitrogens with zero attached hydrogens (tertiary/aromatic N) is 2. The Morgan fingerprint density at radius 3 is 2.52 bits per heavy atom. The molecule has 2 aliphatic rings. The van der Waals surface area contributed by atoms with Gasteiger partial charge in [0.05, 0.1) is 12.2 Å². The Hall–Kier alpha value is -2.36. The van der Waals surface area contributed by atoms with E-state index in [2.05, 4.69) is 10.4 Å². The predicted molar refractivity (Wildman–Crippen MR) is 119 cm³/mol. The van der Waals surface area contributed by atoms with Gasteiger partial charge in [-0.25, -0.2) is 4.79 Å². The van der Waals surface area contributed by atoms with Gasteiger partial charge in [-0.1, -0.05) is 13.3 Å². The number of aromatic nitrogens is 2. The lowest BCUT2D eigenvalue weighted by Crippen LogP contribution is -2.22. The molecular weight excluding hydrogens is 455 g/mol. The Labute approximate surface area is 194 Å². The molecule has 0 fully saturated rings. The van der Waals surface area contributed by atoms with Gasteiger partial charge in [-0.05, 0) is 63.4 Å². The van der Waals surface area contributed by atoms with E-state index in [9.17, 15) is 22.8 Å². The van der Waals surface area contributed by atoms with Crippen LogP contribution in [0.4, 0.5) is 18.2 Å². The summed E-state index contributed by atoms with van der Waals surface area (Å²) in [6.07, 6.45) is 2.78. The summed E-state index contributed by atoms with van der Waals surface area (Å²) in [5.74, 6) is -0.958. The summed E-state index contributed by atoms with van der Waals surface area (Å²) in [6.45, 7) is 1.86. The third kappa shape index (κ3) is 5.10. The lowest BCUT2D eigenvalue weighted by Gasteiger charge is -2.13. The minimum Gasteiger partial charge on any atom is -0.462 e. The van der Waals surface area contributed by atoms with E-state index in [1.165, 1.54) is 16.0 Å². The quantitative estimate of drug-likeness (QED) is 0.446. The van der Waals surface area contributed by atoms with Crippen molar-refractivity contribution in [3.63, 3.8) is 0 Å². The summed E-state index contributed by atoms with van der Waals surface area (Å²) in [5, 5.41) is 6.99. The second-order valence-corrected chi connectivity index (χ2v) is 9.69. The standard InChI is InChI=1S/C23H28F3N3O3S/c1-2-12-32-22(31)19-15-9-6-7-11-17(15)33-21(19)27-18(30)13-29-16-10-5-3-4-8-14(16)20(28-29)23(24,25)26/h2-13H2,1H3,(H,27,30). The van der Waals surface area contributed by atoms with E-state index in [1.807, 2.05) is 6.92 Å². The normalized spacial score (nSPS) is 16.0. The lowest BCUT2D eigenvalue weighted by atomic mass is 9.95. The van der Waals surface area contributed by atoms with Crippen LogP contribution in [0.2, 0.25) is 0 Å². The summed E-state index contributed by atoms with van der Waals surface area (Å²) < 4.78 is 47.2. The van der Waals surface area contributed by atoms with Gasteiger partial charge in [0.2, 0.25) is 5.91 Å². The zero-order valence-electron chi connectivity index (χ0n) is 18.6. The monoisotopic (exact) mass is 483 g/mol. The number of halogens is 3. The van der Waals surface area contributed by atoms with Crippen LogP contribution < -0.4 is 5.32 Å². The molecule has 180 valence electrons. The highest BCUT2D eigenvalue weighted by Gasteiger charge is 2.39. The van der Waals surface area contributed by atoms with Crippen LogP contribution in [-0.2, 0) is 47.9 Å². The molecule has 0 aromatic carbocycles. The van der Waals surface area contributed by atoms with Gasteiger partial charge in [0.15, 0.2) is 5.69 Å². The minimum atomic E-state index is -4.56. The van der Waals surface area contributed by atoms with Crippen molar-refractivity contribution >= 4 is 28.2 Å². The van der Waals surface area contributed by atoms with Crippen LogP contribution in [0.5, 0.6) is 0 Å². The lowest BCUT2D eigenvalue weighted by molar-refractivity contribution is -0.142. The molecule has 2 aromatic rings. The van der Waals surface area contributed by atoms with Gasteiger partial charge in [-0.2, -0.15) is 18.3 Å². The van der Waals surface area contributed by atoms with Crippen LogP contribution in [0.1, 0.15) is 83.2 Å². The van der Waals surface area contributed by atoms with Gasteiger partial charge >= 0.3 is 12.1 Å². The van der Waals surface area contributed by atoms with Crippen LogP contribution in [0, 0.1) is 0 Å². The first-order chi connectivity index (χ1) is 15.8. The molecule has 10 heteroatoms. The largest absolute Gasteiger partial charge is 0.462 e. The molecule has 0 radical (unpaired) electrons. The number of nitrogens with one attached hydrogen (secondary N) is 1. The third-order valence-electron chi connectivity index (χ3n) is 6.13. The Balaban J connectivity index is 1.59. The maximum absolute atomic E-state index is 13.6. The van der Waals surface area contributed by atoms with E-state index >= 15 is 0 Å². The number of rotatable bonds is 6. The molecule has 1 N–H and O–H groups in total. The molecule has 0 saturated heterocycles. The topological polar surface area (TPSA) is 73.2 Å². The molecule has 33 heavy (non-hydrogen) atoms. The van der Waals surface area contributed by atoms with Crippen molar-refractivity contribution in [2.75, 3.05) is 11.9 Å². The summed E-state index contributed by atoms with van der Waals surface area (Å²) in [4.78, 5) is 26.7. The van der Waals surface area contributed by atoms with Crippen LogP contribution >= 0.6 is 11.3 Å². The zero-order valence-corrected chi connectivity index (χ0v) is 19.5. The van der Waals surface area contributed by atoms with Gasteiger partial charge in [0.25, 0.3) is 0 Å². The fraction of sp³-hybridized carbons (Fsp3) is 0.609. The minimum absolute atomic E-state index is 0.211. The van der Waals surface area contributed by atoms with Crippen molar-refractivity contribution in [2.24, 2.45) is 0 Å². The Morgan fingerprint density at radius 2 is 1.76 bits per heavy atom. The summed E-state index contributed by atoms with van der Waals surface area (Å²) >= 11 is 1.36. The highest BCUT2D eigenvalue weighted by molar-refractivity contribution is 7.17. The molecular formula is C23H28F3N3O3S. The van der Waals surface area contributed by atoms with Crippen molar-refractivity contribution in [3.05, 3.63) is 33.0 Å². The predicted octanol–water partition coefficient (Wildman–Crippen LogP) is 5.32. The van der Waals surface area contributed by atoms with Gasteiger partial charge in [-0.15, -0.1) is 11.3 Å². The van der Waals surface area contributed by atoms with E-state index in [4.69, 9.17) is 4.74 Å². The molecule has 0 atom stereocenters. The number of hydrogen-bond donors (Lipinski definition) is 1. The van der Waals surface area contributed by atoms with Gasteiger partial charge in [0.1, 0.15) is 11.5 Å². The maximum atomic E-state index is 13.6. The van der Waals surface area contributed by atoms with Crippen molar-refractivity contribution in [3.8, 4) is 0 Å². The first-order valence-corrected chi connectivity index (χ1v) is 12.4. The Kier molecular flexibility index (Phi) is 7.11. The van der Waals surface area contributed by atoms with Crippen LogP contribution in [0.25, 0.3) is 0 Å². The molecule has 0 saturated carbocycles. The highest BCUT2D eigenvalue weighted by Crippen LogP contribution is 2.39. The Bertz CT molecular complexity index is 1040. The van der Waals surface area contributed by atoms with Crippen molar-refractivity contribution in [1.29, 1.82) is 0 Å². The summed E-state index contributed by atoms with van der Waals surface area (Å²) in [5.41, 5.74) is 1.13. The zero-order chi connectivity index (χ0) is 23.6. The molecule has 1 amide bonds. The first kappa shape index (κ1) is 23.8. The average Bonchev–Trinajstić information content (AvgIpc) is 3.19. The van der Waals surface area contributed by atoms with Crippen LogP contribution in [-0.4, -0.2) is 28.3 Å². The number of thiophene rings is 1. The van der Waals surface area contributed by atoms with Crippen LogP contribution in [0.15, 0.2) is 0 Å². The van der Waals surface area contributed by atoms with Crippen LogP contribution in [0.3, 0.4) is 0 Å². The number of alkyl halides is 3. The fourth-order valence-corrected chi connectivity index (χ4v) is 5.94. The van der Waals surface area contributed by atoms with E-state index in [1.54, 1.807) is 0 Å². The molecule has 2 aromatic heterocycles. The smallest absolute Gasteiger partial charge is 0.435 e. The number of fused-ring (bicyclic) bond motifs is 2. The second kappa shape index (κ2) is 9.87. The molecule has 6 nitrogen and oxygen atoms in total. The highest BCUT2D eigenvalue weighted by atomic mass is 32.1. The third-order valence-corrected chi connectivity index (χ3v) is 7.34. The van der Waals surface area contributed by atoms with Gasteiger partial charge < -0.3 is 10.1 Å². The van der Waals surface area contributed by atoms with Crippen molar-refractivity contribution < 1.29 is 27.5 Å². The summed E-state index contributed by atoms with van der Waals surface area (Å²) in [6, 6.07) is 0. The number of aryl methyl sites for hydroxylation is 1. The fourth-order valence-electron chi connectivity index (χ4n) is 4.65. The number of esters is 1. The van der Waals surface area contributed by atoms with E-state index in [-0.39, 0.29) is 18.7 Å². The van der Waals surface area contributed by atoms with Gasteiger partial charge in [0, 0.05) is 16.1 Å². The molecule has 4 rings (SSSR count). The van der Waals surface area contributed by atoms with Crippen molar-refractivity contribution in [1.82, 2.24) is 9.78 Å². The molecule has 0 bridgehead atoms. The van der Waals surface area contributed by atoms with E-state index < -0.39 is 23.7 Å². The number of carbonyl (C=O) groups is 2. The van der Waals surface area contributed by atoms with E-state index in [0.717, 1.165) is 49.0 Å². The summed E-state index contributed by atoms with van der Waals surface area (Å²) in [7, 11) is 0. The second-order valence-electron chi connectivity index (χ2n) is 8.59. The SMILES string of the molecule is CCCOC(=O)c1c(NC(=O)Cn2nc(C(F)(F)F)c3c2CCCCC3)sc2c1CCCC2. The average molecular weight is 484 g/mol. The molecule has 2 heterocycles. The molecule has 0 spiro atoms.